The van der Waals surface area contributed by atoms with Crippen LogP contribution in [0.15, 0.2) is 24.3 Å². The van der Waals surface area contributed by atoms with Crippen molar-refractivity contribution < 1.29 is 13.2 Å². The van der Waals surface area contributed by atoms with Gasteiger partial charge in [-0.05, 0) is 19.1 Å². The lowest BCUT2D eigenvalue weighted by atomic mass is 10.1. The Morgan fingerprint density at radius 3 is 2.40 bits per heavy atom. The van der Waals surface area contributed by atoms with Crippen LogP contribution in [-0.4, -0.2) is 56.8 Å². The molecule has 0 saturated carbocycles. The average Bonchev–Trinajstić information content (AvgIpc) is 2.46. The van der Waals surface area contributed by atoms with E-state index < -0.39 is 10.2 Å². The predicted octanol–water partition coefficient (Wildman–Crippen LogP) is 0.217. The number of nitrogens with zero attached hydrogens (tertiary/aromatic N) is 2. The summed E-state index contributed by atoms with van der Waals surface area (Å²) in [5.74, 6) is -0.0461. The molecule has 1 heterocycles. The van der Waals surface area contributed by atoms with E-state index in [0.717, 1.165) is 5.56 Å². The van der Waals surface area contributed by atoms with E-state index in [1.54, 1.807) is 11.0 Å². The fourth-order valence-electron chi connectivity index (χ4n) is 2.22. The van der Waals surface area contributed by atoms with E-state index in [2.05, 4.69) is 4.72 Å². The van der Waals surface area contributed by atoms with Gasteiger partial charge in [-0.3, -0.25) is 4.79 Å². The van der Waals surface area contributed by atoms with Gasteiger partial charge in [-0.1, -0.05) is 17.7 Å². The number of piperazine rings is 1. The van der Waals surface area contributed by atoms with Gasteiger partial charge >= 0.3 is 0 Å². The highest BCUT2D eigenvalue weighted by Gasteiger charge is 2.28. The van der Waals surface area contributed by atoms with Crippen LogP contribution in [0.4, 0.5) is 0 Å². The molecule has 0 aromatic heterocycles. The smallest absolute Gasteiger partial charge is 0.279 e. The molecule has 1 aromatic carbocycles. The molecule has 1 fully saturated rings. The van der Waals surface area contributed by atoms with Crippen molar-refractivity contribution in [3.63, 3.8) is 0 Å². The molecule has 1 saturated heterocycles. The zero-order valence-corrected chi connectivity index (χ0v) is 12.5. The zero-order chi connectivity index (χ0) is 14.8. The summed E-state index contributed by atoms with van der Waals surface area (Å²) in [6, 6.07) is 7.42. The maximum atomic E-state index is 12.3. The van der Waals surface area contributed by atoms with Crippen LogP contribution in [0.5, 0.6) is 0 Å². The van der Waals surface area contributed by atoms with E-state index >= 15 is 0 Å². The fraction of sp³-hybridized carbons (Fsp3) is 0.462. The second-order valence-corrected chi connectivity index (χ2v) is 6.64. The van der Waals surface area contributed by atoms with Crippen molar-refractivity contribution in [3.8, 4) is 0 Å². The van der Waals surface area contributed by atoms with Crippen molar-refractivity contribution in [1.82, 2.24) is 13.9 Å². The lowest BCUT2D eigenvalue weighted by Crippen LogP contribution is -2.52. The fourth-order valence-corrected chi connectivity index (χ4v) is 3.12. The molecule has 1 aliphatic rings. The maximum absolute atomic E-state index is 12.3. The van der Waals surface area contributed by atoms with Gasteiger partial charge in [0.05, 0.1) is 0 Å². The summed E-state index contributed by atoms with van der Waals surface area (Å²) in [4.78, 5) is 14.0. The Morgan fingerprint density at radius 1 is 1.20 bits per heavy atom. The average molecular weight is 297 g/mol. The third-order valence-electron chi connectivity index (χ3n) is 3.39. The molecule has 20 heavy (non-hydrogen) atoms. The molecule has 1 N–H and O–H groups in total. The molecule has 7 heteroatoms. The van der Waals surface area contributed by atoms with Crippen molar-refractivity contribution in [3.05, 3.63) is 35.4 Å². The van der Waals surface area contributed by atoms with Gasteiger partial charge in [0.2, 0.25) is 0 Å². The summed E-state index contributed by atoms with van der Waals surface area (Å²) < 4.78 is 27.0. The van der Waals surface area contributed by atoms with Crippen LogP contribution in [0.3, 0.4) is 0 Å². The molecule has 0 bridgehead atoms. The topological polar surface area (TPSA) is 69.7 Å². The summed E-state index contributed by atoms with van der Waals surface area (Å²) in [5.41, 5.74) is 1.68. The molecule has 0 atom stereocenters. The van der Waals surface area contributed by atoms with Crippen molar-refractivity contribution >= 4 is 16.1 Å². The minimum absolute atomic E-state index is 0.0461. The van der Waals surface area contributed by atoms with Gasteiger partial charge in [-0.15, -0.1) is 0 Å². The molecular weight excluding hydrogens is 278 g/mol. The lowest BCUT2D eigenvalue weighted by Gasteiger charge is -2.33. The van der Waals surface area contributed by atoms with Crippen LogP contribution in [0.1, 0.15) is 15.9 Å². The summed E-state index contributed by atoms with van der Waals surface area (Å²) >= 11 is 0. The Bertz CT molecular complexity index is 593. The van der Waals surface area contributed by atoms with Gasteiger partial charge in [0.15, 0.2) is 0 Å². The number of benzene rings is 1. The minimum atomic E-state index is -3.40. The molecule has 0 aliphatic carbocycles. The predicted molar refractivity (Wildman–Crippen MR) is 76.6 cm³/mol. The molecule has 1 aliphatic heterocycles. The molecule has 0 spiro atoms. The van der Waals surface area contributed by atoms with E-state index in [-0.39, 0.29) is 5.91 Å². The van der Waals surface area contributed by atoms with Crippen molar-refractivity contribution in [2.24, 2.45) is 0 Å². The number of rotatable bonds is 3. The number of hydrogen-bond acceptors (Lipinski definition) is 3. The quantitative estimate of drug-likeness (QED) is 0.867. The number of nitrogens with one attached hydrogen (secondary N) is 1. The van der Waals surface area contributed by atoms with Crippen LogP contribution in [-0.2, 0) is 10.2 Å². The number of carbonyl (C=O) groups excluding carboxylic acids is 1. The van der Waals surface area contributed by atoms with E-state index in [0.29, 0.717) is 31.7 Å². The van der Waals surface area contributed by atoms with E-state index in [4.69, 9.17) is 0 Å². The molecule has 110 valence electrons. The number of amides is 1. The van der Waals surface area contributed by atoms with E-state index in [1.165, 1.54) is 11.4 Å². The lowest BCUT2D eigenvalue weighted by molar-refractivity contribution is 0.0697. The molecule has 1 aromatic rings. The van der Waals surface area contributed by atoms with Gasteiger partial charge in [0, 0.05) is 38.8 Å². The highest BCUT2D eigenvalue weighted by Crippen LogP contribution is 2.11. The van der Waals surface area contributed by atoms with Gasteiger partial charge in [0.1, 0.15) is 0 Å². The molecule has 0 radical (unpaired) electrons. The highest BCUT2D eigenvalue weighted by atomic mass is 32.2. The first kappa shape index (κ1) is 15.0. The Morgan fingerprint density at radius 2 is 1.85 bits per heavy atom. The normalized spacial score (nSPS) is 17.2. The van der Waals surface area contributed by atoms with Crippen LogP contribution < -0.4 is 4.72 Å². The minimum Gasteiger partial charge on any atom is -0.336 e. The van der Waals surface area contributed by atoms with Crippen LogP contribution in [0.25, 0.3) is 0 Å². The summed E-state index contributed by atoms with van der Waals surface area (Å²) in [6.45, 7) is 3.40. The largest absolute Gasteiger partial charge is 0.336 e. The van der Waals surface area contributed by atoms with Crippen LogP contribution >= 0.6 is 0 Å². The summed E-state index contributed by atoms with van der Waals surface area (Å²) in [6.07, 6.45) is 0. The number of carbonyl (C=O) groups is 1. The first-order valence-electron chi connectivity index (χ1n) is 6.48. The highest BCUT2D eigenvalue weighted by molar-refractivity contribution is 7.87. The number of hydrogen-bond donors (Lipinski definition) is 1. The van der Waals surface area contributed by atoms with Crippen LogP contribution in [0.2, 0.25) is 0 Å². The van der Waals surface area contributed by atoms with E-state index in [9.17, 15) is 13.2 Å². The second-order valence-electron chi connectivity index (χ2n) is 4.77. The molecule has 0 unspecified atom stereocenters. The van der Waals surface area contributed by atoms with Gasteiger partial charge in [0.25, 0.3) is 16.1 Å². The summed E-state index contributed by atoms with van der Waals surface area (Å²) in [7, 11) is -2.01. The molecular formula is C13H19N3O3S. The van der Waals surface area contributed by atoms with Crippen molar-refractivity contribution in [2.45, 2.75) is 6.92 Å². The molecule has 2 rings (SSSR count). The molecule has 1 amide bonds. The Labute approximate surface area is 119 Å². The van der Waals surface area contributed by atoms with Gasteiger partial charge in [-0.2, -0.15) is 12.7 Å². The Hall–Kier alpha value is -1.44. The Balaban J connectivity index is 2.02. The summed E-state index contributed by atoms with van der Waals surface area (Å²) in [5, 5.41) is 0. The first-order valence-corrected chi connectivity index (χ1v) is 7.92. The second kappa shape index (κ2) is 5.90. The van der Waals surface area contributed by atoms with Gasteiger partial charge < -0.3 is 4.90 Å². The van der Waals surface area contributed by atoms with Gasteiger partial charge in [-0.25, -0.2) is 4.72 Å². The van der Waals surface area contributed by atoms with Crippen molar-refractivity contribution in [2.75, 3.05) is 33.2 Å². The van der Waals surface area contributed by atoms with E-state index in [1.807, 2.05) is 25.1 Å². The third-order valence-corrected chi connectivity index (χ3v) is 4.95. The number of aryl methyl sites for hydroxylation is 1. The van der Waals surface area contributed by atoms with Crippen molar-refractivity contribution in [1.29, 1.82) is 0 Å². The zero-order valence-electron chi connectivity index (χ0n) is 11.7. The van der Waals surface area contributed by atoms with Crippen LogP contribution in [0, 0.1) is 6.92 Å². The first-order chi connectivity index (χ1) is 9.44. The molecule has 6 nitrogen and oxygen atoms in total. The standard InChI is InChI=1S/C13H19N3O3S/c1-11-4-3-5-12(10-11)13(17)15-6-8-16(9-7-15)20(18,19)14-2/h3-5,10,14H,6-9H2,1-2H3. The third kappa shape index (κ3) is 3.17. The maximum Gasteiger partial charge on any atom is 0.279 e. The Kier molecular flexibility index (Phi) is 4.42. The monoisotopic (exact) mass is 297 g/mol. The SMILES string of the molecule is CNS(=O)(=O)N1CCN(C(=O)c2cccc(C)c2)CC1.